The number of rotatable bonds is 6. The van der Waals surface area contributed by atoms with Gasteiger partial charge in [0.25, 0.3) is 0 Å². The van der Waals surface area contributed by atoms with E-state index in [4.69, 9.17) is 14.2 Å². The van der Waals surface area contributed by atoms with Crippen molar-refractivity contribution in [3.8, 4) is 5.88 Å². The summed E-state index contributed by atoms with van der Waals surface area (Å²) in [5.41, 5.74) is 0.984. The van der Waals surface area contributed by atoms with Gasteiger partial charge in [-0.05, 0) is 12.1 Å². The van der Waals surface area contributed by atoms with Gasteiger partial charge < -0.3 is 14.2 Å². The van der Waals surface area contributed by atoms with E-state index < -0.39 is 23.8 Å². The Labute approximate surface area is 239 Å². The van der Waals surface area contributed by atoms with Crippen molar-refractivity contribution < 1.29 is 23.8 Å². The van der Waals surface area contributed by atoms with Crippen molar-refractivity contribution in [2.75, 3.05) is 7.11 Å². The minimum Gasteiger partial charge on any atom is -0.464 e. The van der Waals surface area contributed by atoms with Crippen molar-refractivity contribution in [1.82, 2.24) is 9.78 Å². The number of fused-ring (bicyclic) bond motifs is 1. The molecule has 0 bridgehead atoms. The first-order chi connectivity index (χ1) is 19.5. The maximum Gasteiger partial charge on any atom is 0.359 e. The number of carbonyl (C=O) groups excluding carboxylic acids is 2. The first-order valence-corrected chi connectivity index (χ1v) is 13.3. The molecule has 1 aliphatic rings. The Hall–Kier alpha value is -4.53. The third-order valence-electron chi connectivity index (χ3n) is 6.75. The number of hydrogen-bond donors (Lipinski definition) is 0. The average Bonchev–Trinajstić information content (AvgIpc) is 3.41. The van der Waals surface area contributed by atoms with Gasteiger partial charge >= 0.3 is 5.97 Å². The Balaban J connectivity index is 1.69. The van der Waals surface area contributed by atoms with E-state index >= 15 is 0 Å². The summed E-state index contributed by atoms with van der Waals surface area (Å²) < 4.78 is 20.8. The molecule has 4 aromatic carbocycles. The van der Waals surface area contributed by atoms with Gasteiger partial charge in [0.2, 0.25) is 23.7 Å². The number of ether oxygens (including phenoxy) is 3. The maximum absolute atomic E-state index is 14.0. The zero-order chi connectivity index (χ0) is 27.7. The Morgan fingerprint density at radius 2 is 1.38 bits per heavy atom. The van der Waals surface area contributed by atoms with Crippen LogP contribution < -0.4 is 4.74 Å². The van der Waals surface area contributed by atoms with Crippen molar-refractivity contribution in [2.24, 2.45) is 0 Å². The van der Waals surface area contributed by atoms with Gasteiger partial charge in [0.05, 0.1) is 7.11 Å². The number of ketones is 1. The van der Waals surface area contributed by atoms with Gasteiger partial charge in [-0.25, -0.2) is 4.79 Å². The second-order valence-electron chi connectivity index (χ2n) is 9.12. The summed E-state index contributed by atoms with van der Waals surface area (Å²) in [5, 5.41) is 4.68. The molecule has 1 atom stereocenters. The highest BCUT2D eigenvalue weighted by molar-refractivity contribution is 9.10. The molecule has 40 heavy (non-hydrogen) atoms. The monoisotopic (exact) mass is 594 g/mol. The molecule has 0 saturated carbocycles. The van der Waals surface area contributed by atoms with Crippen molar-refractivity contribution in [3.05, 3.63) is 153 Å². The summed E-state index contributed by atoms with van der Waals surface area (Å²) in [6.07, 6.45) is -0.953. The quantitative estimate of drug-likeness (QED) is 0.164. The van der Waals surface area contributed by atoms with Crippen LogP contribution >= 0.6 is 15.9 Å². The number of carbonyl (C=O) groups is 2. The summed E-state index contributed by atoms with van der Waals surface area (Å²) >= 11 is 3.48. The summed E-state index contributed by atoms with van der Waals surface area (Å²) in [7, 11) is 1.25. The Morgan fingerprint density at radius 3 is 1.93 bits per heavy atom. The molecule has 7 nitrogen and oxygen atoms in total. The lowest BCUT2D eigenvalue weighted by Gasteiger charge is -2.42. The molecule has 6 rings (SSSR count). The van der Waals surface area contributed by atoms with E-state index in [1.165, 1.54) is 11.8 Å². The normalized spacial score (nSPS) is 15.5. The van der Waals surface area contributed by atoms with Crippen molar-refractivity contribution in [2.45, 2.75) is 12.0 Å². The fourth-order valence-corrected chi connectivity index (χ4v) is 5.13. The van der Waals surface area contributed by atoms with Crippen LogP contribution in [0.1, 0.15) is 49.4 Å². The molecule has 1 unspecified atom stereocenters. The average molecular weight is 595 g/mol. The van der Waals surface area contributed by atoms with Gasteiger partial charge in [-0.3, -0.25) is 4.79 Å². The summed E-state index contributed by atoms with van der Waals surface area (Å²) in [4.78, 5) is 27.1. The molecular formula is C32H23BrN2O5. The first-order valence-electron chi connectivity index (χ1n) is 12.6. The fourth-order valence-electron chi connectivity index (χ4n) is 4.86. The molecule has 1 aliphatic heterocycles. The van der Waals surface area contributed by atoms with Crippen LogP contribution in [0.3, 0.4) is 0 Å². The van der Waals surface area contributed by atoms with Gasteiger partial charge in [0.1, 0.15) is 5.56 Å². The van der Waals surface area contributed by atoms with Crippen LogP contribution in [-0.2, 0) is 15.2 Å². The molecule has 8 heteroatoms. The minimum atomic E-state index is -1.40. The Kier molecular flexibility index (Phi) is 6.79. The highest BCUT2D eigenvalue weighted by Crippen LogP contribution is 2.48. The standard InChI is InChI=1S/C32H23BrN2O5/c1-38-30(37)27-26(28(36)21-11-5-2-6-12-21)29-35(34-27)32(23-13-7-3-8-14-23,24-15-9-4-10-16-24)40-31(39-29)22-17-19-25(33)20-18-22/h2-20,31H,1H3. The third-order valence-corrected chi connectivity index (χ3v) is 7.28. The Morgan fingerprint density at radius 1 is 0.825 bits per heavy atom. The van der Waals surface area contributed by atoms with Crippen molar-refractivity contribution in [1.29, 1.82) is 0 Å². The van der Waals surface area contributed by atoms with Crippen LogP contribution in [0.2, 0.25) is 0 Å². The summed E-state index contributed by atoms with van der Waals surface area (Å²) in [6.45, 7) is 0. The van der Waals surface area contributed by atoms with Gasteiger partial charge in [0, 0.05) is 26.7 Å². The van der Waals surface area contributed by atoms with Crippen LogP contribution in [-0.4, -0.2) is 28.6 Å². The molecule has 5 aromatic rings. The molecule has 0 fully saturated rings. The molecule has 0 N–H and O–H groups in total. The van der Waals surface area contributed by atoms with Gasteiger partial charge in [-0.1, -0.05) is 119 Å². The summed E-state index contributed by atoms with van der Waals surface area (Å²) in [5.74, 6) is -1.09. The zero-order valence-corrected chi connectivity index (χ0v) is 22.9. The van der Waals surface area contributed by atoms with Gasteiger partial charge in [-0.2, -0.15) is 9.78 Å². The number of benzene rings is 4. The largest absolute Gasteiger partial charge is 0.464 e. The minimum absolute atomic E-state index is 0.000279. The highest BCUT2D eigenvalue weighted by atomic mass is 79.9. The number of esters is 1. The fraction of sp³-hybridized carbons (Fsp3) is 0.0938. The van der Waals surface area contributed by atoms with E-state index in [0.717, 1.165) is 15.6 Å². The maximum atomic E-state index is 14.0. The number of methoxy groups -OCH3 is 1. The molecule has 0 amide bonds. The van der Waals surface area contributed by atoms with E-state index in [1.54, 1.807) is 24.3 Å². The molecule has 0 aliphatic carbocycles. The summed E-state index contributed by atoms with van der Waals surface area (Å²) in [6, 6.07) is 35.3. The number of halogens is 1. The lowest BCUT2D eigenvalue weighted by Crippen LogP contribution is -2.46. The second kappa shape index (κ2) is 10.6. The van der Waals surface area contributed by atoms with E-state index in [2.05, 4.69) is 21.0 Å². The van der Waals surface area contributed by atoms with Crippen LogP contribution in [0.25, 0.3) is 0 Å². The molecule has 0 spiro atoms. The molecule has 0 saturated heterocycles. The lowest BCUT2D eigenvalue weighted by atomic mass is 9.93. The van der Waals surface area contributed by atoms with E-state index in [1.807, 2.05) is 91.0 Å². The molecular weight excluding hydrogens is 572 g/mol. The third kappa shape index (κ3) is 4.31. The number of nitrogens with zero attached hydrogens (tertiary/aromatic N) is 2. The van der Waals surface area contributed by atoms with Gasteiger partial charge in [0.15, 0.2) is 5.69 Å². The Bertz CT molecular complexity index is 1630. The van der Waals surface area contributed by atoms with Crippen LogP contribution in [0.5, 0.6) is 5.88 Å². The van der Waals surface area contributed by atoms with Crippen molar-refractivity contribution >= 4 is 27.7 Å². The highest BCUT2D eigenvalue weighted by Gasteiger charge is 2.50. The number of hydrogen-bond acceptors (Lipinski definition) is 6. The molecule has 0 radical (unpaired) electrons. The smallest absolute Gasteiger partial charge is 0.359 e. The topological polar surface area (TPSA) is 79.7 Å². The zero-order valence-electron chi connectivity index (χ0n) is 21.4. The molecule has 2 heterocycles. The van der Waals surface area contributed by atoms with Crippen molar-refractivity contribution in [3.63, 3.8) is 0 Å². The van der Waals surface area contributed by atoms with Crippen LogP contribution in [0.15, 0.2) is 120 Å². The van der Waals surface area contributed by atoms with E-state index in [0.29, 0.717) is 11.1 Å². The van der Waals surface area contributed by atoms with E-state index in [-0.39, 0.29) is 17.1 Å². The molecule has 1 aromatic heterocycles. The van der Waals surface area contributed by atoms with Crippen LogP contribution in [0, 0.1) is 0 Å². The first kappa shape index (κ1) is 25.7. The van der Waals surface area contributed by atoms with Crippen LogP contribution in [0.4, 0.5) is 0 Å². The van der Waals surface area contributed by atoms with Gasteiger partial charge in [-0.15, -0.1) is 0 Å². The lowest BCUT2D eigenvalue weighted by molar-refractivity contribution is -0.214. The predicted molar refractivity (Wildman–Crippen MR) is 151 cm³/mol. The number of aromatic nitrogens is 2. The molecule has 198 valence electrons. The van der Waals surface area contributed by atoms with E-state index in [9.17, 15) is 9.59 Å². The second-order valence-corrected chi connectivity index (χ2v) is 10.0. The predicted octanol–water partition coefficient (Wildman–Crippen LogP) is 6.52. The SMILES string of the molecule is COC(=O)c1nn2c(c1C(=O)c1ccccc1)OC(c1ccc(Br)cc1)OC2(c1ccccc1)c1ccccc1.